The molecule has 0 amide bonds. The molecule has 1 aromatic carbocycles. The number of alkyl halides is 2. The standard InChI is InChI=1S/C18H18BrF2N3O2/c1-17(2,3)24-8-18(20,21)7-11(24)15-22-13-10-6-9(19)4-5-12(10)26-14(13)16(25)23-15/h4-6,11H,7-8H2,1-3H3,(H,22,23,25)/t11-/m1/s1. The minimum Gasteiger partial charge on any atom is -0.449 e. The Morgan fingerprint density at radius 2 is 2.12 bits per heavy atom. The van der Waals surface area contributed by atoms with Crippen molar-refractivity contribution in [2.24, 2.45) is 0 Å². The first-order valence-corrected chi connectivity index (χ1v) is 9.11. The Labute approximate surface area is 156 Å². The average molecular weight is 426 g/mol. The Morgan fingerprint density at radius 3 is 2.81 bits per heavy atom. The molecule has 0 spiro atoms. The lowest BCUT2D eigenvalue weighted by Crippen LogP contribution is -2.42. The highest BCUT2D eigenvalue weighted by molar-refractivity contribution is 9.10. The normalized spacial score (nSPS) is 21.1. The summed E-state index contributed by atoms with van der Waals surface area (Å²) in [6.45, 7) is 5.27. The molecule has 1 N–H and O–H groups in total. The van der Waals surface area contributed by atoms with Crippen molar-refractivity contribution in [3.63, 3.8) is 0 Å². The smallest absolute Gasteiger partial charge is 0.294 e. The van der Waals surface area contributed by atoms with Crippen molar-refractivity contribution in [1.29, 1.82) is 0 Å². The van der Waals surface area contributed by atoms with Crippen LogP contribution >= 0.6 is 15.9 Å². The van der Waals surface area contributed by atoms with E-state index in [0.29, 0.717) is 16.5 Å². The Balaban J connectivity index is 1.92. The molecule has 2 aromatic heterocycles. The van der Waals surface area contributed by atoms with Gasteiger partial charge in [0, 0.05) is 21.8 Å². The Morgan fingerprint density at radius 1 is 1.38 bits per heavy atom. The number of rotatable bonds is 1. The summed E-state index contributed by atoms with van der Waals surface area (Å²) >= 11 is 3.39. The zero-order valence-electron chi connectivity index (χ0n) is 14.6. The molecule has 1 atom stereocenters. The fraction of sp³-hybridized carbons (Fsp3) is 0.444. The summed E-state index contributed by atoms with van der Waals surface area (Å²) in [5.74, 6) is -2.58. The van der Waals surface area contributed by atoms with Crippen molar-refractivity contribution < 1.29 is 13.2 Å². The second kappa shape index (κ2) is 5.60. The summed E-state index contributed by atoms with van der Waals surface area (Å²) in [5, 5.41) is 0.675. The van der Waals surface area contributed by atoms with E-state index in [1.807, 2.05) is 26.8 Å². The molecule has 4 rings (SSSR count). The van der Waals surface area contributed by atoms with Gasteiger partial charge in [-0.15, -0.1) is 0 Å². The number of likely N-dealkylation sites (tertiary alicyclic amines) is 1. The fourth-order valence-electron chi connectivity index (χ4n) is 3.57. The lowest BCUT2D eigenvalue weighted by Gasteiger charge is -2.35. The summed E-state index contributed by atoms with van der Waals surface area (Å²) in [4.78, 5) is 21.4. The first kappa shape index (κ1) is 17.6. The van der Waals surface area contributed by atoms with Gasteiger partial charge >= 0.3 is 0 Å². The van der Waals surface area contributed by atoms with Gasteiger partial charge in [0.2, 0.25) is 5.58 Å². The van der Waals surface area contributed by atoms with Crippen LogP contribution < -0.4 is 5.56 Å². The number of halogens is 3. The summed E-state index contributed by atoms with van der Waals surface area (Å²) in [5.41, 5.74) is 0.0850. The van der Waals surface area contributed by atoms with Gasteiger partial charge in [-0.25, -0.2) is 13.8 Å². The van der Waals surface area contributed by atoms with Crippen LogP contribution in [0.15, 0.2) is 31.9 Å². The number of nitrogens with one attached hydrogen (secondary N) is 1. The molecule has 0 saturated carbocycles. The van der Waals surface area contributed by atoms with Crippen LogP contribution in [0.25, 0.3) is 22.1 Å². The zero-order chi connectivity index (χ0) is 18.9. The Bertz CT molecular complexity index is 1070. The van der Waals surface area contributed by atoms with E-state index < -0.39 is 23.1 Å². The van der Waals surface area contributed by atoms with E-state index in [2.05, 4.69) is 25.9 Å². The number of furan rings is 1. The molecule has 0 aliphatic carbocycles. The van der Waals surface area contributed by atoms with E-state index >= 15 is 0 Å². The first-order chi connectivity index (χ1) is 12.0. The number of aromatic amines is 1. The maximum atomic E-state index is 14.1. The maximum Gasteiger partial charge on any atom is 0.294 e. The third-order valence-corrected chi connectivity index (χ3v) is 5.24. The number of benzene rings is 1. The molecule has 1 aliphatic heterocycles. The molecular formula is C18H18BrF2N3O2. The van der Waals surface area contributed by atoms with Gasteiger partial charge < -0.3 is 9.40 Å². The van der Waals surface area contributed by atoms with Crippen LogP contribution in [-0.2, 0) is 0 Å². The molecule has 0 radical (unpaired) electrons. The molecule has 5 nitrogen and oxygen atoms in total. The van der Waals surface area contributed by atoms with Crippen molar-refractivity contribution in [2.75, 3.05) is 6.54 Å². The molecule has 1 aliphatic rings. The second-order valence-corrected chi connectivity index (χ2v) is 8.66. The van der Waals surface area contributed by atoms with Crippen molar-refractivity contribution in [2.45, 2.75) is 44.7 Å². The average Bonchev–Trinajstić information content (AvgIpc) is 3.04. The zero-order valence-corrected chi connectivity index (χ0v) is 16.2. The molecule has 0 unspecified atom stereocenters. The largest absolute Gasteiger partial charge is 0.449 e. The summed E-state index contributed by atoms with van der Waals surface area (Å²) in [6, 6.07) is 4.69. The molecule has 0 bridgehead atoms. The van der Waals surface area contributed by atoms with Gasteiger partial charge in [0.05, 0.1) is 12.6 Å². The highest BCUT2D eigenvalue weighted by Crippen LogP contribution is 2.43. The van der Waals surface area contributed by atoms with E-state index in [-0.39, 0.29) is 24.4 Å². The van der Waals surface area contributed by atoms with Gasteiger partial charge in [0.15, 0.2) is 0 Å². The molecule has 1 saturated heterocycles. The number of aromatic nitrogens is 2. The molecule has 3 aromatic rings. The summed E-state index contributed by atoms with van der Waals surface area (Å²) < 4.78 is 34.7. The number of nitrogens with zero attached hydrogens (tertiary/aromatic N) is 2. The van der Waals surface area contributed by atoms with Gasteiger partial charge in [-0.05, 0) is 39.0 Å². The number of hydrogen-bond acceptors (Lipinski definition) is 4. The molecular weight excluding hydrogens is 408 g/mol. The summed E-state index contributed by atoms with van der Waals surface area (Å²) in [6.07, 6.45) is -0.377. The van der Waals surface area contributed by atoms with Crippen LogP contribution in [0.4, 0.5) is 8.78 Å². The van der Waals surface area contributed by atoms with Gasteiger partial charge in [0.1, 0.15) is 16.9 Å². The highest BCUT2D eigenvalue weighted by atomic mass is 79.9. The van der Waals surface area contributed by atoms with Crippen LogP contribution in [0.5, 0.6) is 0 Å². The highest BCUT2D eigenvalue weighted by Gasteiger charge is 2.50. The van der Waals surface area contributed by atoms with Gasteiger partial charge in [0.25, 0.3) is 11.5 Å². The van der Waals surface area contributed by atoms with Crippen LogP contribution in [-0.4, -0.2) is 32.9 Å². The van der Waals surface area contributed by atoms with Crippen LogP contribution in [0, 0.1) is 0 Å². The molecule has 1 fully saturated rings. The Kier molecular flexibility index (Phi) is 3.79. The SMILES string of the molecule is CC(C)(C)N1CC(F)(F)C[C@@H]1c1nc2c(oc3ccc(Br)cc32)c(=O)[nH]1. The lowest BCUT2D eigenvalue weighted by atomic mass is 10.0. The predicted molar refractivity (Wildman–Crippen MR) is 98.6 cm³/mol. The number of hydrogen-bond donors (Lipinski definition) is 1. The van der Waals surface area contributed by atoms with Gasteiger partial charge in [-0.1, -0.05) is 15.9 Å². The van der Waals surface area contributed by atoms with Crippen molar-refractivity contribution in [3.8, 4) is 0 Å². The van der Waals surface area contributed by atoms with E-state index in [0.717, 1.165) is 4.47 Å². The van der Waals surface area contributed by atoms with E-state index in [1.54, 1.807) is 17.0 Å². The predicted octanol–water partition coefficient (Wildman–Crippen LogP) is 4.61. The molecule has 8 heteroatoms. The molecule has 138 valence electrons. The van der Waals surface area contributed by atoms with E-state index in [1.165, 1.54) is 0 Å². The van der Waals surface area contributed by atoms with Crippen molar-refractivity contribution >= 4 is 38.0 Å². The molecule has 3 heterocycles. The topological polar surface area (TPSA) is 62.1 Å². The lowest BCUT2D eigenvalue weighted by molar-refractivity contribution is 0.00133. The van der Waals surface area contributed by atoms with E-state index in [9.17, 15) is 13.6 Å². The molecule has 26 heavy (non-hydrogen) atoms. The number of H-pyrrole nitrogens is 1. The van der Waals surface area contributed by atoms with Crippen LogP contribution in [0.3, 0.4) is 0 Å². The number of fused-ring (bicyclic) bond motifs is 3. The van der Waals surface area contributed by atoms with E-state index in [4.69, 9.17) is 4.42 Å². The first-order valence-electron chi connectivity index (χ1n) is 8.32. The van der Waals surface area contributed by atoms with Crippen LogP contribution in [0.1, 0.15) is 39.1 Å². The second-order valence-electron chi connectivity index (χ2n) is 7.75. The quantitative estimate of drug-likeness (QED) is 0.618. The van der Waals surface area contributed by atoms with Crippen molar-refractivity contribution in [1.82, 2.24) is 14.9 Å². The minimum absolute atomic E-state index is 0.105. The fourth-order valence-corrected chi connectivity index (χ4v) is 3.93. The minimum atomic E-state index is -2.83. The Hall–Kier alpha value is -1.80. The van der Waals surface area contributed by atoms with Gasteiger partial charge in [-0.3, -0.25) is 9.69 Å². The monoisotopic (exact) mass is 425 g/mol. The van der Waals surface area contributed by atoms with Gasteiger partial charge in [-0.2, -0.15) is 0 Å². The third kappa shape index (κ3) is 2.85. The van der Waals surface area contributed by atoms with Crippen LogP contribution in [0.2, 0.25) is 0 Å². The summed E-state index contributed by atoms with van der Waals surface area (Å²) in [7, 11) is 0. The van der Waals surface area contributed by atoms with Crippen molar-refractivity contribution in [3.05, 3.63) is 38.9 Å². The maximum absolute atomic E-state index is 14.1. The third-order valence-electron chi connectivity index (χ3n) is 4.75.